The zero-order valence-corrected chi connectivity index (χ0v) is 19.9. The van der Waals surface area contributed by atoms with Crippen molar-refractivity contribution in [3.8, 4) is 0 Å². The van der Waals surface area contributed by atoms with Crippen LogP contribution in [-0.4, -0.2) is 55.3 Å². The van der Waals surface area contributed by atoms with Gasteiger partial charge >= 0.3 is 5.97 Å². The van der Waals surface area contributed by atoms with Crippen LogP contribution in [0.2, 0.25) is 0 Å². The molecule has 1 saturated heterocycles. The van der Waals surface area contributed by atoms with Crippen molar-refractivity contribution in [2.45, 2.75) is 34.2 Å². The van der Waals surface area contributed by atoms with E-state index in [4.69, 9.17) is 4.74 Å². The summed E-state index contributed by atoms with van der Waals surface area (Å²) in [5.41, 5.74) is 1.76. The number of benzene rings is 2. The first-order valence-corrected chi connectivity index (χ1v) is 11.4. The van der Waals surface area contributed by atoms with Gasteiger partial charge in [-0.1, -0.05) is 57.2 Å². The summed E-state index contributed by atoms with van der Waals surface area (Å²) in [5.74, 6) is -1.90. The Bertz CT molecular complexity index is 990. The summed E-state index contributed by atoms with van der Waals surface area (Å²) in [7, 11) is 0. The molecule has 0 aromatic heterocycles. The molecule has 1 aliphatic rings. The lowest BCUT2D eigenvalue weighted by atomic mass is 9.95. The summed E-state index contributed by atoms with van der Waals surface area (Å²) in [6, 6.07) is 15.6. The van der Waals surface area contributed by atoms with Crippen LogP contribution in [0.3, 0.4) is 0 Å². The maximum Gasteiger partial charge on any atom is 0.379 e. The van der Waals surface area contributed by atoms with Crippen molar-refractivity contribution in [2.75, 3.05) is 43.0 Å². The summed E-state index contributed by atoms with van der Waals surface area (Å²) in [6.45, 7) is 11.1. The van der Waals surface area contributed by atoms with Crippen molar-refractivity contribution in [3.05, 3.63) is 59.7 Å². The molecule has 0 bridgehead atoms. The number of rotatable bonds is 7. The van der Waals surface area contributed by atoms with Gasteiger partial charge in [-0.3, -0.25) is 14.5 Å². The van der Waals surface area contributed by atoms with Gasteiger partial charge in [0.2, 0.25) is 5.91 Å². The molecule has 33 heavy (non-hydrogen) atoms. The Morgan fingerprint density at radius 3 is 2.21 bits per heavy atom. The van der Waals surface area contributed by atoms with Crippen molar-refractivity contribution < 1.29 is 19.1 Å². The first kappa shape index (κ1) is 24.5. The third kappa shape index (κ3) is 6.20. The van der Waals surface area contributed by atoms with Crippen molar-refractivity contribution in [3.63, 3.8) is 0 Å². The van der Waals surface area contributed by atoms with E-state index >= 15 is 0 Å². The summed E-state index contributed by atoms with van der Waals surface area (Å²) in [5, 5.41) is 2.84. The number of esters is 1. The second-order valence-electron chi connectivity index (χ2n) is 9.20. The van der Waals surface area contributed by atoms with E-state index < -0.39 is 17.2 Å². The Kier molecular flexibility index (Phi) is 7.87. The summed E-state index contributed by atoms with van der Waals surface area (Å²) in [4.78, 5) is 42.6. The fraction of sp³-hybridized carbons (Fsp3) is 0.423. The molecule has 1 heterocycles. The van der Waals surface area contributed by atoms with Crippen molar-refractivity contribution in [2.24, 2.45) is 5.41 Å². The molecule has 0 unspecified atom stereocenters. The average molecular weight is 452 g/mol. The monoisotopic (exact) mass is 451 g/mol. The number of hydrogen-bond acceptors (Lipinski definition) is 6. The van der Waals surface area contributed by atoms with Gasteiger partial charge in [-0.2, -0.15) is 0 Å². The molecule has 0 radical (unpaired) electrons. The Morgan fingerprint density at radius 2 is 1.61 bits per heavy atom. The lowest BCUT2D eigenvalue weighted by Gasteiger charge is -2.37. The fourth-order valence-corrected chi connectivity index (χ4v) is 3.74. The number of nitrogens with one attached hydrogen (secondary N) is 1. The molecule has 7 nitrogen and oxygen atoms in total. The minimum atomic E-state index is -0.918. The van der Waals surface area contributed by atoms with Crippen LogP contribution in [0.1, 0.15) is 43.6 Å². The number of carbonyl (C=O) groups excluding carboxylic acids is 3. The maximum absolute atomic E-state index is 13.1. The standard InChI is InChI=1S/C26H33N3O4/c1-5-33-24(31)23(30)22-20(27-25(32)26(2,3)4)12-9-13-21(22)29-16-14-28(15-17-29)18-19-10-7-6-8-11-19/h6-13H,5,14-18H2,1-4H3,(H,27,32). The van der Waals surface area contributed by atoms with E-state index in [2.05, 4.69) is 27.2 Å². The molecule has 176 valence electrons. The van der Waals surface area contributed by atoms with Gasteiger partial charge in [0.1, 0.15) is 0 Å². The average Bonchev–Trinajstić information content (AvgIpc) is 2.79. The largest absolute Gasteiger partial charge is 0.460 e. The normalized spacial score (nSPS) is 14.6. The molecule has 0 spiro atoms. The summed E-state index contributed by atoms with van der Waals surface area (Å²) < 4.78 is 4.98. The van der Waals surface area contributed by atoms with Gasteiger partial charge in [0.25, 0.3) is 5.78 Å². The maximum atomic E-state index is 13.1. The zero-order chi connectivity index (χ0) is 24.0. The van der Waals surface area contributed by atoms with Gasteiger partial charge in [0.15, 0.2) is 0 Å². The topological polar surface area (TPSA) is 78.9 Å². The van der Waals surface area contributed by atoms with Gasteiger partial charge in [0, 0.05) is 38.1 Å². The highest BCUT2D eigenvalue weighted by molar-refractivity contribution is 6.43. The van der Waals surface area contributed by atoms with Gasteiger partial charge in [-0.15, -0.1) is 0 Å². The minimum absolute atomic E-state index is 0.106. The Hall–Kier alpha value is -3.19. The smallest absolute Gasteiger partial charge is 0.379 e. The molecular weight excluding hydrogens is 418 g/mol. The highest BCUT2D eigenvalue weighted by atomic mass is 16.5. The Labute approximate surface area is 195 Å². The van der Waals surface area contributed by atoms with E-state index in [1.54, 1.807) is 39.8 Å². The molecule has 1 N–H and O–H groups in total. The van der Waals surface area contributed by atoms with Crippen LogP contribution in [0.5, 0.6) is 0 Å². The van der Waals surface area contributed by atoms with E-state index in [1.165, 1.54) is 5.56 Å². The third-order valence-electron chi connectivity index (χ3n) is 5.62. The van der Waals surface area contributed by atoms with E-state index in [0.717, 1.165) is 19.6 Å². The highest BCUT2D eigenvalue weighted by Crippen LogP contribution is 2.31. The summed E-state index contributed by atoms with van der Waals surface area (Å²) in [6.07, 6.45) is 0. The third-order valence-corrected chi connectivity index (χ3v) is 5.62. The number of anilines is 2. The van der Waals surface area contributed by atoms with Crippen LogP contribution in [0, 0.1) is 5.41 Å². The number of piperazine rings is 1. The molecule has 1 aliphatic heterocycles. The minimum Gasteiger partial charge on any atom is -0.460 e. The first-order chi connectivity index (χ1) is 15.7. The molecule has 2 aromatic rings. The summed E-state index contributed by atoms with van der Waals surface area (Å²) >= 11 is 0. The van der Waals surface area contributed by atoms with Gasteiger partial charge in [0.05, 0.1) is 23.5 Å². The second kappa shape index (κ2) is 10.6. The van der Waals surface area contributed by atoms with E-state index in [9.17, 15) is 14.4 Å². The van der Waals surface area contributed by atoms with Crippen LogP contribution < -0.4 is 10.2 Å². The second-order valence-corrected chi connectivity index (χ2v) is 9.20. The van der Waals surface area contributed by atoms with E-state index in [1.807, 2.05) is 24.3 Å². The van der Waals surface area contributed by atoms with Crippen LogP contribution in [0.4, 0.5) is 11.4 Å². The van der Waals surface area contributed by atoms with Crippen LogP contribution in [0.15, 0.2) is 48.5 Å². The predicted molar refractivity (Wildman–Crippen MR) is 129 cm³/mol. The Morgan fingerprint density at radius 1 is 0.939 bits per heavy atom. The van der Waals surface area contributed by atoms with Gasteiger partial charge < -0.3 is 15.0 Å². The molecule has 3 rings (SSSR count). The van der Waals surface area contributed by atoms with Crippen molar-refractivity contribution in [1.29, 1.82) is 0 Å². The lowest BCUT2D eigenvalue weighted by Crippen LogP contribution is -2.46. The van der Waals surface area contributed by atoms with Crippen molar-refractivity contribution in [1.82, 2.24) is 4.90 Å². The highest BCUT2D eigenvalue weighted by Gasteiger charge is 2.30. The molecule has 0 aliphatic carbocycles. The van der Waals surface area contributed by atoms with Gasteiger partial charge in [-0.25, -0.2) is 4.79 Å². The van der Waals surface area contributed by atoms with Gasteiger partial charge in [-0.05, 0) is 24.6 Å². The molecule has 7 heteroatoms. The zero-order valence-electron chi connectivity index (χ0n) is 19.9. The number of carbonyl (C=O) groups is 3. The van der Waals surface area contributed by atoms with Crippen molar-refractivity contribution >= 4 is 29.0 Å². The van der Waals surface area contributed by atoms with E-state index in [0.29, 0.717) is 24.5 Å². The number of nitrogens with zero attached hydrogens (tertiary/aromatic N) is 2. The number of ketones is 1. The molecular formula is C26H33N3O4. The fourth-order valence-electron chi connectivity index (χ4n) is 3.74. The number of hydrogen-bond donors (Lipinski definition) is 1. The number of ether oxygens (including phenoxy) is 1. The quantitative estimate of drug-likeness (QED) is 0.393. The molecule has 2 aromatic carbocycles. The molecule has 0 saturated carbocycles. The SMILES string of the molecule is CCOC(=O)C(=O)c1c(NC(=O)C(C)(C)C)cccc1N1CCN(Cc2ccccc2)CC1. The first-order valence-electron chi connectivity index (χ1n) is 11.4. The molecule has 1 amide bonds. The van der Waals surface area contributed by atoms with Crippen LogP contribution in [0.25, 0.3) is 0 Å². The number of amides is 1. The molecule has 0 atom stereocenters. The van der Waals surface area contributed by atoms with E-state index in [-0.39, 0.29) is 18.1 Å². The van der Waals surface area contributed by atoms with Crippen LogP contribution >= 0.6 is 0 Å². The number of Topliss-reactive ketones (excluding diaryl/α,β-unsaturated/α-hetero) is 1. The lowest BCUT2D eigenvalue weighted by molar-refractivity contribution is -0.137. The Balaban J connectivity index is 1.85. The molecule has 1 fully saturated rings. The predicted octanol–water partition coefficient (Wildman–Crippen LogP) is 3.74. The van der Waals surface area contributed by atoms with Crippen LogP contribution in [-0.2, 0) is 20.9 Å².